The van der Waals surface area contributed by atoms with Crippen LogP contribution in [-0.2, 0) is 4.79 Å². The van der Waals surface area contributed by atoms with Gasteiger partial charge in [0.1, 0.15) is 0 Å². The molecule has 0 aliphatic heterocycles. The molecular formula is C19H18N4O2. The zero-order chi connectivity index (χ0) is 17.8. The van der Waals surface area contributed by atoms with Crippen LogP contribution in [0.3, 0.4) is 0 Å². The van der Waals surface area contributed by atoms with Gasteiger partial charge in [-0.05, 0) is 38.1 Å². The van der Waals surface area contributed by atoms with Crippen LogP contribution >= 0.6 is 0 Å². The minimum Gasteiger partial charge on any atom is -0.301 e. The van der Waals surface area contributed by atoms with Crippen LogP contribution in [0, 0.1) is 0 Å². The van der Waals surface area contributed by atoms with Crippen LogP contribution in [0.15, 0.2) is 67.3 Å². The molecule has 6 nitrogen and oxygen atoms in total. The molecule has 2 heterocycles. The third kappa shape index (κ3) is 3.47. The Kier molecular flexibility index (Phi) is 4.70. The summed E-state index contributed by atoms with van der Waals surface area (Å²) in [4.78, 5) is 30.9. The SMILES string of the molecule is CC(C)N(C(=O)C(=O)c1cnn(-c2ccccc2)c1)c1cccnc1. The zero-order valence-corrected chi connectivity index (χ0v) is 14.0. The van der Waals surface area contributed by atoms with Crippen molar-refractivity contribution in [3.63, 3.8) is 0 Å². The summed E-state index contributed by atoms with van der Waals surface area (Å²) in [5.74, 6) is -1.20. The quantitative estimate of drug-likeness (QED) is 0.531. The highest BCUT2D eigenvalue weighted by Crippen LogP contribution is 2.17. The highest BCUT2D eigenvalue weighted by Gasteiger charge is 2.27. The van der Waals surface area contributed by atoms with Gasteiger partial charge >= 0.3 is 0 Å². The third-order valence-electron chi connectivity index (χ3n) is 3.72. The van der Waals surface area contributed by atoms with Crippen molar-refractivity contribution in [3.05, 3.63) is 72.8 Å². The van der Waals surface area contributed by atoms with Crippen LogP contribution < -0.4 is 4.90 Å². The maximum atomic E-state index is 12.7. The Bertz CT molecular complexity index is 873. The van der Waals surface area contributed by atoms with Crippen LogP contribution in [-0.4, -0.2) is 32.5 Å². The second-order valence-corrected chi connectivity index (χ2v) is 5.82. The van der Waals surface area contributed by atoms with E-state index in [1.165, 1.54) is 11.1 Å². The molecule has 2 aromatic heterocycles. The fourth-order valence-electron chi connectivity index (χ4n) is 2.54. The maximum absolute atomic E-state index is 12.7. The molecule has 0 saturated carbocycles. The monoisotopic (exact) mass is 334 g/mol. The highest BCUT2D eigenvalue weighted by atomic mass is 16.2. The Morgan fingerprint density at radius 3 is 2.44 bits per heavy atom. The average Bonchev–Trinajstić information content (AvgIpc) is 3.12. The number of pyridine rings is 1. The second-order valence-electron chi connectivity index (χ2n) is 5.82. The molecule has 0 saturated heterocycles. The van der Waals surface area contributed by atoms with E-state index in [9.17, 15) is 9.59 Å². The average molecular weight is 334 g/mol. The molecule has 0 fully saturated rings. The molecule has 0 unspecified atom stereocenters. The molecule has 3 aromatic rings. The number of carbonyl (C=O) groups excluding carboxylic acids is 2. The van der Waals surface area contributed by atoms with Gasteiger partial charge in [-0.1, -0.05) is 18.2 Å². The number of hydrogen-bond acceptors (Lipinski definition) is 4. The molecule has 0 radical (unpaired) electrons. The van der Waals surface area contributed by atoms with E-state index in [1.54, 1.807) is 35.4 Å². The first-order chi connectivity index (χ1) is 12.1. The third-order valence-corrected chi connectivity index (χ3v) is 3.72. The van der Waals surface area contributed by atoms with Crippen LogP contribution in [0.1, 0.15) is 24.2 Å². The van der Waals surface area contributed by atoms with Crippen molar-refractivity contribution in [3.8, 4) is 5.69 Å². The number of amides is 1. The first kappa shape index (κ1) is 16.6. The number of hydrogen-bond donors (Lipinski definition) is 0. The maximum Gasteiger partial charge on any atom is 0.299 e. The van der Waals surface area contributed by atoms with Crippen molar-refractivity contribution in [2.45, 2.75) is 19.9 Å². The summed E-state index contributed by atoms with van der Waals surface area (Å²) in [5, 5.41) is 4.18. The van der Waals surface area contributed by atoms with Gasteiger partial charge in [0.05, 0.1) is 29.3 Å². The topological polar surface area (TPSA) is 68.1 Å². The van der Waals surface area contributed by atoms with Gasteiger partial charge in [-0.3, -0.25) is 14.6 Å². The van der Waals surface area contributed by atoms with Gasteiger partial charge < -0.3 is 4.90 Å². The summed E-state index contributed by atoms with van der Waals surface area (Å²) in [5.41, 5.74) is 1.66. The molecule has 0 aliphatic rings. The van der Waals surface area contributed by atoms with E-state index in [0.717, 1.165) is 5.69 Å². The van der Waals surface area contributed by atoms with Gasteiger partial charge in [-0.25, -0.2) is 4.68 Å². The van der Waals surface area contributed by atoms with E-state index in [1.807, 2.05) is 44.2 Å². The number of aromatic nitrogens is 3. The Labute approximate surface area is 145 Å². The fraction of sp³-hybridized carbons (Fsp3) is 0.158. The van der Waals surface area contributed by atoms with E-state index in [0.29, 0.717) is 5.69 Å². The summed E-state index contributed by atoms with van der Waals surface area (Å²) < 4.78 is 1.57. The van der Waals surface area contributed by atoms with Crippen molar-refractivity contribution in [2.75, 3.05) is 4.90 Å². The lowest BCUT2D eigenvalue weighted by atomic mass is 10.1. The molecular weight excluding hydrogens is 316 g/mol. The Morgan fingerprint density at radius 2 is 1.80 bits per heavy atom. The first-order valence-electron chi connectivity index (χ1n) is 7.96. The molecule has 1 aromatic carbocycles. The largest absolute Gasteiger partial charge is 0.301 e. The van der Waals surface area contributed by atoms with Gasteiger partial charge in [-0.15, -0.1) is 0 Å². The number of para-hydroxylation sites is 1. The molecule has 0 atom stereocenters. The fourth-order valence-corrected chi connectivity index (χ4v) is 2.54. The number of rotatable bonds is 5. The number of ketones is 1. The lowest BCUT2D eigenvalue weighted by Crippen LogP contribution is -2.41. The number of anilines is 1. The molecule has 25 heavy (non-hydrogen) atoms. The van der Waals surface area contributed by atoms with Crippen molar-refractivity contribution in [1.29, 1.82) is 0 Å². The minimum absolute atomic E-state index is 0.176. The van der Waals surface area contributed by atoms with E-state index in [4.69, 9.17) is 0 Å². The van der Waals surface area contributed by atoms with Gasteiger partial charge in [-0.2, -0.15) is 5.10 Å². The molecule has 126 valence electrons. The predicted octanol–water partition coefficient (Wildman–Crippen LogP) is 2.89. The standard InChI is InChI=1S/C19H18N4O2/c1-14(2)23(17-9-6-10-20-12-17)19(25)18(24)15-11-21-22(13-15)16-7-4-3-5-8-16/h3-14H,1-2H3. The van der Waals surface area contributed by atoms with E-state index < -0.39 is 11.7 Å². The number of benzene rings is 1. The van der Waals surface area contributed by atoms with E-state index in [2.05, 4.69) is 10.1 Å². The second kappa shape index (κ2) is 7.09. The smallest absolute Gasteiger partial charge is 0.299 e. The highest BCUT2D eigenvalue weighted by molar-refractivity contribution is 6.47. The normalized spacial score (nSPS) is 10.7. The summed E-state index contributed by atoms with van der Waals surface area (Å²) >= 11 is 0. The molecule has 0 spiro atoms. The molecule has 0 bridgehead atoms. The van der Waals surface area contributed by atoms with Gasteiger partial charge in [0.25, 0.3) is 11.7 Å². The number of carbonyl (C=O) groups is 2. The number of Topliss-reactive ketones (excluding diaryl/α,β-unsaturated/α-hetero) is 1. The lowest BCUT2D eigenvalue weighted by Gasteiger charge is -2.25. The predicted molar refractivity (Wildman–Crippen MR) is 94.8 cm³/mol. The van der Waals surface area contributed by atoms with Crippen molar-refractivity contribution < 1.29 is 9.59 Å². The van der Waals surface area contributed by atoms with Crippen molar-refractivity contribution >= 4 is 17.4 Å². The van der Waals surface area contributed by atoms with E-state index >= 15 is 0 Å². The van der Waals surface area contributed by atoms with Gasteiger partial charge in [0.2, 0.25) is 0 Å². The van der Waals surface area contributed by atoms with Gasteiger partial charge in [0.15, 0.2) is 0 Å². The van der Waals surface area contributed by atoms with Crippen LogP contribution in [0.4, 0.5) is 5.69 Å². The minimum atomic E-state index is -0.601. The summed E-state index contributed by atoms with van der Waals surface area (Å²) in [6, 6.07) is 12.7. The zero-order valence-electron chi connectivity index (χ0n) is 14.0. The molecule has 3 rings (SSSR count). The Morgan fingerprint density at radius 1 is 1.04 bits per heavy atom. The van der Waals surface area contributed by atoms with Gasteiger partial charge in [0, 0.05) is 18.4 Å². The van der Waals surface area contributed by atoms with Crippen LogP contribution in [0.5, 0.6) is 0 Å². The molecule has 6 heteroatoms. The lowest BCUT2D eigenvalue weighted by molar-refractivity contribution is -0.115. The Balaban J connectivity index is 1.87. The Hall–Kier alpha value is -3.28. The molecule has 0 aliphatic carbocycles. The van der Waals surface area contributed by atoms with E-state index in [-0.39, 0.29) is 11.6 Å². The van der Waals surface area contributed by atoms with Crippen molar-refractivity contribution in [2.24, 2.45) is 0 Å². The summed E-state index contributed by atoms with van der Waals surface area (Å²) in [6.45, 7) is 3.71. The van der Waals surface area contributed by atoms with Crippen molar-refractivity contribution in [1.82, 2.24) is 14.8 Å². The summed E-state index contributed by atoms with van der Waals surface area (Å²) in [6.07, 6.45) is 6.17. The molecule has 1 amide bonds. The molecule has 0 N–H and O–H groups in total. The first-order valence-corrected chi connectivity index (χ1v) is 7.96. The number of nitrogens with zero attached hydrogens (tertiary/aromatic N) is 4. The van der Waals surface area contributed by atoms with Crippen LogP contribution in [0.25, 0.3) is 5.69 Å². The van der Waals surface area contributed by atoms with Crippen LogP contribution in [0.2, 0.25) is 0 Å². The summed E-state index contributed by atoms with van der Waals surface area (Å²) in [7, 11) is 0.